The summed E-state index contributed by atoms with van der Waals surface area (Å²) in [5.41, 5.74) is 5.56. The number of hydrogen-bond donors (Lipinski definition) is 1. The fourth-order valence-corrected chi connectivity index (χ4v) is 2.45. The van der Waals surface area contributed by atoms with Crippen molar-refractivity contribution >= 4 is 5.97 Å². The maximum atomic E-state index is 11.5. The average Bonchev–Trinajstić information content (AvgIpc) is 2.55. The Morgan fingerprint density at radius 1 is 0.783 bits per heavy atom. The van der Waals surface area contributed by atoms with E-state index in [1.165, 1.54) is 5.56 Å². The van der Waals surface area contributed by atoms with E-state index < -0.39 is 5.97 Å². The van der Waals surface area contributed by atoms with Crippen molar-refractivity contribution in [2.75, 3.05) is 0 Å². The minimum Gasteiger partial charge on any atom is -0.478 e. The first-order valence-electron chi connectivity index (χ1n) is 7.43. The normalized spacial score (nSPS) is 10.5. The summed E-state index contributed by atoms with van der Waals surface area (Å²) >= 11 is 0. The van der Waals surface area contributed by atoms with Crippen LogP contribution in [0.5, 0.6) is 0 Å². The van der Waals surface area contributed by atoms with Crippen molar-refractivity contribution in [3.8, 4) is 22.5 Å². The summed E-state index contributed by atoms with van der Waals surface area (Å²) in [5, 5.41) is 9.44. The topological polar surface area (TPSA) is 50.2 Å². The van der Waals surface area contributed by atoms with Crippen LogP contribution in [-0.2, 0) is 0 Å². The van der Waals surface area contributed by atoms with Gasteiger partial charge in [0.2, 0.25) is 0 Å². The van der Waals surface area contributed by atoms with Crippen LogP contribution in [0.2, 0.25) is 0 Å². The molecule has 23 heavy (non-hydrogen) atoms. The largest absolute Gasteiger partial charge is 0.478 e. The third-order valence-electron chi connectivity index (χ3n) is 3.80. The number of rotatable bonds is 3. The molecule has 0 amide bonds. The second-order valence-electron chi connectivity index (χ2n) is 5.63. The summed E-state index contributed by atoms with van der Waals surface area (Å²) in [4.78, 5) is 16.1. The third kappa shape index (κ3) is 3.14. The molecule has 0 aliphatic carbocycles. The van der Waals surface area contributed by atoms with Crippen molar-refractivity contribution in [1.29, 1.82) is 0 Å². The second kappa shape index (κ2) is 6.05. The number of pyridine rings is 1. The zero-order chi connectivity index (χ0) is 16.4. The van der Waals surface area contributed by atoms with E-state index in [1.807, 2.05) is 62.4 Å². The summed E-state index contributed by atoms with van der Waals surface area (Å²) in [6.45, 7) is 4.03. The lowest BCUT2D eigenvalue weighted by molar-refractivity contribution is 0.0697. The lowest BCUT2D eigenvalue weighted by Gasteiger charge is -2.09. The number of carbonyl (C=O) groups is 1. The van der Waals surface area contributed by atoms with Crippen molar-refractivity contribution in [3.63, 3.8) is 0 Å². The predicted molar refractivity (Wildman–Crippen MR) is 91.5 cm³/mol. The van der Waals surface area contributed by atoms with Crippen LogP contribution in [0.3, 0.4) is 0 Å². The van der Waals surface area contributed by atoms with Gasteiger partial charge in [-0.05, 0) is 26.0 Å². The molecule has 3 nitrogen and oxygen atoms in total. The minimum atomic E-state index is -0.969. The molecule has 0 aliphatic rings. The number of aromatic carboxylic acids is 1. The Morgan fingerprint density at radius 2 is 1.30 bits per heavy atom. The Hall–Kier alpha value is -2.94. The van der Waals surface area contributed by atoms with Gasteiger partial charge in [-0.25, -0.2) is 9.78 Å². The van der Waals surface area contributed by atoms with Gasteiger partial charge in [-0.15, -0.1) is 0 Å². The molecular weight excluding hydrogens is 286 g/mol. The van der Waals surface area contributed by atoms with E-state index in [1.54, 1.807) is 12.1 Å². The first-order chi connectivity index (χ1) is 11.0. The molecule has 0 unspecified atom stereocenters. The Kier molecular flexibility index (Phi) is 3.94. The number of carboxylic acid groups (broad SMARTS) is 1. The smallest absolute Gasteiger partial charge is 0.337 e. The molecule has 0 bridgehead atoms. The highest BCUT2D eigenvalue weighted by atomic mass is 16.4. The molecule has 1 heterocycles. The molecule has 0 atom stereocenters. The lowest BCUT2D eigenvalue weighted by atomic mass is 10.0. The molecule has 0 aliphatic heterocycles. The van der Waals surface area contributed by atoms with E-state index in [9.17, 15) is 9.90 Å². The molecule has 1 aromatic heterocycles. The maximum Gasteiger partial charge on any atom is 0.337 e. The fourth-order valence-electron chi connectivity index (χ4n) is 2.45. The van der Waals surface area contributed by atoms with Gasteiger partial charge in [0, 0.05) is 11.1 Å². The van der Waals surface area contributed by atoms with E-state index in [4.69, 9.17) is 0 Å². The van der Waals surface area contributed by atoms with Crippen LogP contribution in [-0.4, -0.2) is 16.1 Å². The molecule has 2 aromatic carbocycles. The van der Waals surface area contributed by atoms with Gasteiger partial charge in [0.05, 0.1) is 17.0 Å². The van der Waals surface area contributed by atoms with Gasteiger partial charge in [-0.2, -0.15) is 0 Å². The van der Waals surface area contributed by atoms with E-state index >= 15 is 0 Å². The fraction of sp³-hybridized carbons (Fsp3) is 0.100. The molecule has 114 valence electrons. The highest BCUT2D eigenvalue weighted by Gasteiger charge is 2.14. The Balaban J connectivity index is 2.15. The molecule has 3 aromatic rings. The molecular formula is C20H17NO2. The summed E-state index contributed by atoms with van der Waals surface area (Å²) in [7, 11) is 0. The van der Waals surface area contributed by atoms with E-state index in [2.05, 4.69) is 4.98 Å². The van der Waals surface area contributed by atoms with Crippen LogP contribution in [0.1, 0.15) is 21.5 Å². The van der Waals surface area contributed by atoms with E-state index in [-0.39, 0.29) is 5.56 Å². The van der Waals surface area contributed by atoms with E-state index in [0.29, 0.717) is 5.69 Å². The van der Waals surface area contributed by atoms with E-state index in [0.717, 1.165) is 22.4 Å². The molecule has 3 rings (SSSR count). The monoisotopic (exact) mass is 303 g/mol. The Labute approximate surface area is 135 Å². The van der Waals surface area contributed by atoms with Crippen LogP contribution < -0.4 is 0 Å². The number of carboxylic acids is 1. The van der Waals surface area contributed by atoms with Gasteiger partial charge in [0.25, 0.3) is 0 Å². The molecule has 3 heteroatoms. The van der Waals surface area contributed by atoms with Crippen molar-refractivity contribution in [3.05, 3.63) is 77.4 Å². The zero-order valence-electron chi connectivity index (χ0n) is 13.1. The first-order valence-corrected chi connectivity index (χ1v) is 7.43. The zero-order valence-corrected chi connectivity index (χ0v) is 13.1. The summed E-state index contributed by atoms with van der Waals surface area (Å²) in [6.07, 6.45) is 0. The number of benzene rings is 2. The Bertz CT molecular complexity index is 850. The van der Waals surface area contributed by atoms with Crippen molar-refractivity contribution < 1.29 is 9.90 Å². The number of aryl methyl sites for hydroxylation is 2. The molecule has 1 N–H and O–H groups in total. The average molecular weight is 303 g/mol. The standard InChI is InChI=1S/C20H17NO2/c1-13-3-7-15(8-4-13)18-12-11-17(20(22)23)19(21-18)16-9-5-14(2)6-10-16/h3-12H,1-2H3,(H,22,23). The van der Waals surface area contributed by atoms with Crippen LogP contribution >= 0.6 is 0 Å². The minimum absolute atomic E-state index is 0.213. The SMILES string of the molecule is Cc1ccc(-c2ccc(C(=O)O)c(-c3ccc(C)cc3)n2)cc1. The molecule has 0 spiro atoms. The van der Waals surface area contributed by atoms with Crippen molar-refractivity contribution in [1.82, 2.24) is 4.98 Å². The number of hydrogen-bond acceptors (Lipinski definition) is 2. The highest BCUT2D eigenvalue weighted by molar-refractivity contribution is 5.95. The molecule has 0 saturated heterocycles. The van der Waals surface area contributed by atoms with Gasteiger partial charge in [0.1, 0.15) is 0 Å². The van der Waals surface area contributed by atoms with Crippen molar-refractivity contribution in [2.24, 2.45) is 0 Å². The first kappa shape index (κ1) is 15.0. The second-order valence-corrected chi connectivity index (χ2v) is 5.63. The van der Waals surface area contributed by atoms with Crippen LogP contribution in [0.4, 0.5) is 0 Å². The van der Waals surface area contributed by atoms with Gasteiger partial charge >= 0.3 is 5.97 Å². The molecule has 0 radical (unpaired) electrons. The maximum absolute atomic E-state index is 11.5. The van der Waals surface area contributed by atoms with Gasteiger partial charge in [-0.3, -0.25) is 0 Å². The van der Waals surface area contributed by atoms with Crippen LogP contribution in [0, 0.1) is 13.8 Å². The Morgan fingerprint density at radius 3 is 1.83 bits per heavy atom. The van der Waals surface area contributed by atoms with Crippen molar-refractivity contribution in [2.45, 2.75) is 13.8 Å². The summed E-state index contributed by atoms with van der Waals surface area (Å²) in [5.74, 6) is -0.969. The molecule has 0 saturated carbocycles. The summed E-state index contributed by atoms with van der Waals surface area (Å²) in [6, 6.07) is 19.1. The molecule has 0 fully saturated rings. The third-order valence-corrected chi connectivity index (χ3v) is 3.80. The number of nitrogens with zero attached hydrogens (tertiary/aromatic N) is 1. The van der Waals surface area contributed by atoms with Crippen LogP contribution in [0.15, 0.2) is 60.7 Å². The summed E-state index contributed by atoms with van der Waals surface area (Å²) < 4.78 is 0. The van der Waals surface area contributed by atoms with Gasteiger partial charge in [-0.1, -0.05) is 59.7 Å². The quantitative estimate of drug-likeness (QED) is 0.761. The van der Waals surface area contributed by atoms with Gasteiger partial charge < -0.3 is 5.11 Å². The highest BCUT2D eigenvalue weighted by Crippen LogP contribution is 2.26. The number of aromatic nitrogens is 1. The predicted octanol–water partition coefficient (Wildman–Crippen LogP) is 4.73. The van der Waals surface area contributed by atoms with Crippen LogP contribution in [0.25, 0.3) is 22.5 Å². The lowest BCUT2D eigenvalue weighted by Crippen LogP contribution is -2.02. The van der Waals surface area contributed by atoms with Gasteiger partial charge in [0.15, 0.2) is 0 Å².